The number of hydrogen-bond donors (Lipinski definition) is 0. The van der Waals surface area contributed by atoms with Gasteiger partial charge in [-0.1, -0.05) is 107 Å². The topological polar surface area (TPSA) is 15.7 Å². The summed E-state index contributed by atoms with van der Waals surface area (Å²) >= 11 is 0. The Hall–Kier alpha value is -4.50. The summed E-state index contributed by atoms with van der Waals surface area (Å²) in [7, 11) is 0. The minimum atomic E-state index is -0.221. The zero-order valence-corrected chi connectivity index (χ0v) is 25.9. The van der Waals surface area contributed by atoms with Crippen molar-refractivity contribution in [3.8, 4) is 11.5 Å². The van der Waals surface area contributed by atoms with Crippen LogP contribution < -0.4 is 14.5 Å². The molecule has 0 unspecified atom stereocenters. The lowest BCUT2D eigenvalue weighted by molar-refractivity contribution is 0.477. The number of ether oxygens (including phenoxy) is 1. The van der Waals surface area contributed by atoms with Crippen LogP contribution in [0, 0.1) is 6.04 Å². The van der Waals surface area contributed by atoms with Crippen molar-refractivity contribution in [2.75, 3.05) is 9.80 Å². The predicted octanol–water partition coefficient (Wildman–Crippen LogP) is 11.2. The molecule has 2 heterocycles. The molecule has 0 saturated carbocycles. The highest BCUT2D eigenvalue weighted by Crippen LogP contribution is 2.55. The largest absolute Gasteiger partial charge is 0.453 e. The summed E-state index contributed by atoms with van der Waals surface area (Å²) in [5.41, 5.74) is 11.0. The van der Waals surface area contributed by atoms with Gasteiger partial charge < -0.3 is 14.5 Å². The first kappa shape index (κ1) is 27.3. The van der Waals surface area contributed by atoms with E-state index in [1.54, 1.807) is 0 Å². The van der Waals surface area contributed by atoms with Crippen molar-refractivity contribution in [1.29, 1.82) is 0 Å². The Kier molecular flexibility index (Phi) is 6.58. The van der Waals surface area contributed by atoms with E-state index in [1.807, 2.05) is 24.3 Å². The van der Waals surface area contributed by atoms with E-state index in [4.69, 9.17) is 4.74 Å². The van der Waals surface area contributed by atoms with E-state index in [0.29, 0.717) is 11.8 Å². The molecule has 2 aliphatic heterocycles. The normalized spacial score (nSPS) is 15.3. The van der Waals surface area contributed by atoms with Crippen LogP contribution >= 0.6 is 0 Å². The van der Waals surface area contributed by atoms with Gasteiger partial charge in [0.2, 0.25) is 0 Å². The van der Waals surface area contributed by atoms with Gasteiger partial charge in [0, 0.05) is 11.4 Å². The van der Waals surface area contributed by atoms with E-state index in [0.717, 1.165) is 28.6 Å². The highest BCUT2D eigenvalue weighted by molar-refractivity contribution is 5.86. The van der Waals surface area contributed by atoms with Crippen molar-refractivity contribution >= 4 is 22.7 Å². The van der Waals surface area contributed by atoms with Crippen LogP contribution in [0.2, 0.25) is 0 Å². The minimum Gasteiger partial charge on any atom is -0.453 e. The minimum absolute atomic E-state index is 0.221. The van der Waals surface area contributed by atoms with Gasteiger partial charge in [-0.25, -0.2) is 0 Å². The molecule has 43 heavy (non-hydrogen) atoms. The Morgan fingerprint density at radius 1 is 0.581 bits per heavy atom. The van der Waals surface area contributed by atoms with E-state index in [-0.39, 0.29) is 5.54 Å². The molecule has 1 radical (unpaired) electrons. The zero-order valence-electron chi connectivity index (χ0n) is 25.9. The van der Waals surface area contributed by atoms with E-state index in [9.17, 15) is 0 Å². The molecule has 215 valence electrons. The first-order chi connectivity index (χ1) is 20.8. The summed E-state index contributed by atoms with van der Waals surface area (Å²) < 4.78 is 6.27. The highest BCUT2D eigenvalue weighted by Gasteiger charge is 2.47. The number of hydrogen-bond acceptors (Lipinski definition) is 3. The van der Waals surface area contributed by atoms with E-state index in [2.05, 4.69) is 142 Å². The molecule has 0 amide bonds. The molecule has 0 fully saturated rings. The van der Waals surface area contributed by atoms with Crippen molar-refractivity contribution < 1.29 is 4.74 Å². The zero-order chi connectivity index (χ0) is 29.9. The standard InChI is InChI=1S/C40H39N2O/c1-26(2)30-15-13-16-31(27(3)4)39(30)42-38(32-14-7-8-17-33(32)40(42,5)6)28-22-24-29(25-23-28)41-34-18-9-11-20-36(34)43-37-21-12-10-19-35(37)41/h7-27H,1-6H3. The number of fused-ring (bicyclic) bond motifs is 3. The lowest BCUT2D eigenvalue weighted by Crippen LogP contribution is -2.40. The van der Waals surface area contributed by atoms with Gasteiger partial charge >= 0.3 is 0 Å². The van der Waals surface area contributed by atoms with Gasteiger partial charge in [-0.15, -0.1) is 0 Å². The average molecular weight is 564 g/mol. The maximum Gasteiger partial charge on any atom is 0.151 e. The molecule has 2 aliphatic rings. The van der Waals surface area contributed by atoms with Crippen LogP contribution in [0.5, 0.6) is 11.5 Å². The fraction of sp³-hybridized carbons (Fsp3) is 0.225. The van der Waals surface area contributed by atoms with Crippen LogP contribution in [0.4, 0.5) is 22.7 Å². The number of benzene rings is 5. The Morgan fingerprint density at radius 3 is 1.70 bits per heavy atom. The molecule has 0 aromatic heterocycles. The number of para-hydroxylation sites is 5. The molecule has 3 nitrogen and oxygen atoms in total. The van der Waals surface area contributed by atoms with Crippen molar-refractivity contribution in [2.24, 2.45) is 0 Å². The van der Waals surface area contributed by atoms with Gasteiger partial charge in [0.05, 0.1) is 16.9 Å². The lowest BCUT2D eigenvalue weighted by atomic mass is 9.88. The van der Waals surface area contributed by atoms with Gasteiger partial charge in [0.1, 0.15) is 6.04 Å². The average Bonchev–Trinajstić information content (AvgIpc) is 3.25. The fourth-order valence-corrected chi connectivity index (χ4v) is 6.94. The third-order valence-corrected chi connectivity index (χ3v) is 9.02. The maximum absolute atomic E-state index is 6.27. The summed E-state index contributed by atoms with van der Waals surface area (Å²) in [6.45, 7) is 14.0. The van der Waals surface area contributed by atoms with Crippen LogP contribution in [0.15, 0.2) is 115 Å². The van der Waals surface area contributed by atoms with Crippen LogP contribution in [0.3, 0.4) is 0 Å². The van der Waals surface area contributed by atoms with Crippen LogP contribution in [0.1, 0.15) is 81.2 Å². The number of nitrogens with zero attached hydrogens (tertiary/aromatic N) is 2. The summed E-state index contributed by atoms with van der Waals surface area (Å²) in [4.78, 5) is 4.94. The first-order valence-corrected chi connectivity index (χ1v) is 15.4. The van der Waals surface area contributed by atoms with Crippen molar-refractivity contribution in [1.82, 2.24) is 0 Å². The quantitative estimate of drug-likeness (QED) is 0.207. The fourth-order valence-electron chi connectivity index (χ4n) is 6.94. The van der Waals surface area contributed by atoms with Crippen LogP contribution in [-0.4, -0.2) is 0 Å². The van der Waals surface area contributed by atoms with Crippen molar-refractivity contribution in [2.45, 2.75) is 58.9 Å². The van der Waals surface area contributed by atoms with Gasteiger partial charge in [0.25, 0.3) is 0 Å². The molecule has 0 aliphatic carbocycles. The second-order valence-corrected chi connectivity index (χ2v) is 12.8. The van der Waals surface area contributed by atoms with Gasteiger partial charge in [-0.3, -0.25) is 0 Å². The molecule has 0 saturated heterocycles. The van der Waals surface area contributed by atoms with Gasteiger partial charge in [-0.2, -0.15) is 0 Å². The molecule has 3 heteroatoms. The highest BCUT2D eigenvalue weighted by atomic mass is 16.5. The predicted molar refractivity (Wildman–Crippen MR) is 179 cm³/mol. The van der Waals surface area contributed by atoms with E-state index >= 15 is 0 Å². The Balaban J connectivity index is 1.39. The molecule has 0 spiro atoms. The number of rotatable bonds is 5. The van der Waals surface area contributed by atoms with E-state index < -0.39 is 0 Å². The molecule has 7 rings (SSSR count). The third-order valence-electron chi connectivity index (χ3n) is 9.02. The van der Waals surface area contributed by atoms with Crippen molar-refractivity contribution in [3.05, 3.63) is 149 Å². The van der Waals surface area contributed by atoms with Gasteiger partial charge in [0.15, 0.2) is 11.5 Å². The molecule has 0 atom stereocenters. The smallest absolute Gasteiger partial charge is 0.151 e. The first-order valence-electron chi connectivity index (χ1n) is 15.4. The molecular formula is C40H39N2O. The number of anilines is 4. The second kappa shape index (κ2) is 10.3. The van der Waals surface area contributed by atoms with E-state index in [1.165, 1.54) is 39.5 Å². The van der Waals surface area contributed by atoms with Crippen molar-refractivity contribution in [3.63, 3.8) is 0 Å². The van der Waals surface area contributed by atoms with Crippen LogP contribution in [-0.2, 0) is 5.54 Å². The molecule has 5 aromatic carbocycles. The Bertz CT molecular complexity index is 1730. The van der Waals surface area contributed by atoms with Crippen LogP contribution in [0.25, 0.3) is 0 Å². The SMILES string of the molecule is CC(C)c1cccc(C(C)C)c1N1[C](c2ccc(N3c4ccccc4Oc4ccccc43)cc2)c2ccccc2C1(C)C. The lowest BCUT2D eigenvalue weighted by Gasteiger charge is -2.42. The molecule has 0 bridgehead atoms. The second-order valence-electron chi connectivity index (χ2n) is 12.8. The summed E-state index contributed by atoms with van der Waals surface area (Å²) in [5.74, 6) is 2.53. The van der Waals surface area contributed by atoms with Gasteiger partial charge in [-0.05, 0) is 89.9 Å². The Labute approximate surface area is 256 Å². The molecular weight excluding hydrogens is 524 g/mol. The monoisotopic (exact) mass is 563 g/mol. The third kappa shape index (κ3) is 4.33. The summed E-state index contributed by atoms with van der Waals surface area (Å²) in [5, 5.41) is 0. The Morgan fingerprint density at radius 2 is 1.12 bits per heavy atom. The molecule has 0 N–H and O–H groups in total. The molecule has 5 aromatic rings. The summed E-state index contributed by atoms with van der Waals surface area (Å²) in [6, 6.07) is 42.7. The summed E-state index contributed by atoms with van der Waals surface area (Å²) in [6.07, 6.45) is 0. The maximum atomic E-state index is 6.27.